The number of rotatable bonds is 4. The van der Waals surface area contributed by atoms with E-state index in [2.05, 4.69) is 64.5 Å². The van der Waals surface area contributed by atoms with Crippen molar-refractivity contribution in [3.8, 4) is 0 Å². The van der Waals surface area contributed by atoms with Crippen molar-refractivity contribution in [2.24, 2.45) is 0 Å². The normalized spacial score (nSPS) is 17.9. The predicted octanol–water partition coefficient (Wildman–Crippen LogP) is 3.57. The first-order chi connectivity index (χ1) is 9.83. The van der Waals surface area contributed by atoms with Crippen molar-refractivity contribution in [2.45, 2.75) is 43.8 Å². The molecule has 2 heterocycles. The van der Waals surface area contributed by atoms with Gasteiger partial charge in [-0.2, -0.15) is 0 Å². The fraction of sp³-hybridized carbons (Fsp3) is 0.467. The van der Waals surface area contributed by atoms with Crippen molar-refractivity contribution in [1.29, 1.82) is 0 Å². The zero-order valence-electron chi connectivity index (χ0n) is 11.9. The molecule has 0 fully saturated rings. The van der Waals surface area contributed by atoms with Crippen LogP contribution in [0.1, 0.15) is 50.0 Å². The molecule has 1 aliphatic rings. The summed E-state index contributed by atoms with van der Waals surface area (Å²) in [5.74, 6) is 2.53. The molecule has 5 heteroatoms. The van der Waals surface area contributed by atoms with Crippen molar-refractivity contribution in [2.75, 3.05) is 11.2 Å². The van der Waals surface area contributed by atoms with Crippen LogP contribution in [0.25, 0.3) is 0 Å². The minimum atomic E-state index is 0.317. The van der Waals surface area contributed by atoms with Gasteiger partial charge in [-0.25, -0.2) is 4.68 Å². The highest BCUT2D eigenvalue weighted by Gasteiger charge is 2.26. The SMILES string of the molecule is CCC(CC)c1nnc2n1NC(c1ccccc1)CS2. The average Bonchev–Trinajstić information content (AvgIpc) is 2.93. The lowest BCUT2D eigenvalue weighted by atomic mass is 10.0. The lowest BCUT2D eigenvalue weighted by Crippen LogP contribution is -2.29. The molecule has 4 nitrogen and oxygen atoms in total. The quantitative estimate of drug-likeness (QED) is 0.934. The Kier molecular flexibility index (Phi) is 3.96. The minimum absolute atomic E-state index is 0.317. The number of hydrogen-bond acceptors (Lipinski definition) is 4. The number of thioether (sulfide) groups is 1. The van der Waals surface area contributed by atoms with Gasteiger partial charge >= 0.3 is 0 Å². The molecule has 3 rings (SSSR count). The van der Waals surface area contributed by atoms with Gasteiger partial charge in [0.05, 0.1) is 6.04 Å². The van der Waals surface area contributed by atoms with Gasteiger partial charge in [0, 0.05) is 11.7 Å². The minimum Gasteiger partial charge on any atom is -0.314 e. The van der Waals surface area contributed by atoms with Crippen LogP contribution in [-0.2, 0) is 0 Å². The van der Waals surface area contributed by atoms with Crippen molar-refractivity contribution in [3.05, 3.63) is 41.7 Å². The zero-order chi connectivity index (χ0) is 13.9. The van der Waals surface area contributed by atoms with Gasteiger partial charge in [-0.1, -0.05) is 55.9 Å². The molecular weight excluding hydrogens is 268 g/mol. The van der Waals surface area contributed by atoms with E-state index in [4.69, 9.17) is 0 Å². The van der Waals surface area contributed by atoms with E-state index >= 15 is 0 Å². The van der Waals surface area contributed by atoms with E-state index in [0.717, 1.165) is 29.6 Å². The van der Waals surface area contributed by atoms with E-state index in [1.165, 1.54) is 5.56 Å². The highest BCUT2D eigenvalue weighted by molar-refractivity contribution is 7.99. The molecule has 1 aromatic heterocycles. The topological polar surface area (TPSA) is 42.7 Å². The van der Waals surface area contributed by atoms with E-state index in [9.17, 15) is 0 Å². The Morgan fingerprint density at radius 3 is 2.70 bits per heavy atom. The summed E-state index contributed by atoms with van der Waals surface area (Å²) in [4.78, 5) is 0. The summed E-state index contributed by atoms with van der Waals surface area (Å²) in [6.45, 7) is 4.42. The van der Waals surface area contributed by atoms with Crippen LogP contribution in [0.3, 0.4) is 0 Å². The van der Waals surface area contributed by atoms with Gasteiger partial charge in [0.15, 0.2) is 5.82 Å². The lowest BCUT2D eigenvalue weighted by Gasteiger charge is -2.27. The largest absolute Gasteiger partial charge is 0.314 e. The summed E-state index contributed by atoms with van der Waals surface area (Å²) in [5.41, 5.74) is 4.90. The Bertz CT molecular complexity index is 563. The maximum atomic E-state index is 4.40. The van der Waals surface area contributed by atoms with Crippen LogP contribution in [0.4, 0.5) is 0 Å². The molecule has 106 valence electrons. The first-order valence-corrected chi connectivity index (χ1v) is 8.21. The number of nitrogens with one attached hydrogen (secondary N) is 1. The van der Waals surface area contributed by atoms with Crippen LogP contribution in [0.15, 0.2) is 35.5 Å². The molecule has 0 bridgehead atoms. The van der Waals surface area contributed by atoms with E-state index in [0.29, 0.717) is 12.0 Å². The molecule has 1 unspecified atom stereocenters. The fourth-order valence-corrected chi connectivity index (χ4v) is 3.58. The van der Waals surface area contributed by atoms with E-state index in [-0.39, 0.29) is 0 Å². The molecule has 1 atom stereocenters. The second-order valence-corrected chi connectivity index (χ2v) is 6.08. The van der Waals surface area contributed by atoms with Gasteiger partial charge in [0.1, 0.15) is 0 Å². The summed E-state index contributed by atoms with van der Waals surface area (Å²) < 4.78 is 2.10. The number of hydrogen-bond donors (Lipinski definition) is 1. The highest BCUT2D eigenvalue weighted by atomic mass is 32.2. The van der Waals surface area contributed by atoms with Crippen molar-refractivity contribution in [3.63, 3.8) is 0 Å². The van der Waals surface area contributed by atoms with Crippen molar-refractivity contribution < 1.29 is 0 Å². The molecule has 0 aliphatic carbocycles. The van der Waals surface area contributed by atoms with Gasteiger partial charge in [-0.05, 0) is 18.4 Å². The second kappa shape index (κ2) is 5.87. The third kappa shape index (κ3) is 2.42. The lowest BCUT2D eigenvalue weighted by molar-refractivity contribution is 0.547. The van der Waals surface area contributed by atoms with E-state index in [1.54, 1.807) is 11.8 Å². The standard InChI is InChI=1S/C15H20N4S/c1-3-11(4-2)14-16-17-15-19(14)18-13(10-20-15)12-8-6-5-7-9-12/h5-9,11,13,18H,3-4,10H2,1-2H3. The second-order valence-electron chi connectivity index (χ2n) is 5.09. The molecule has 2 aromatic rings. The summed E-state index contributed by atoms with van der Waals surface area (Å²) >= 11 is 1.78. The number of benzene rings is 1. The number of nitrogens with zero attached hydrogens (tertiary/aromatic N) is 3. The Hall–Kier alpha value is -1.49. The van der Waals surface area contributed by atoms with Crippen LogP contribution < -0.4 is 5.43 Å². The molecule has 1 aromatic carbocycles. The number of aromatic nitrogens is 3. The monoisotopic (exact) mass is 288 g/mol. The predicted molar refractivity (Wildman–Crippen MR) is 82.6 cm³/mol. The molecule has 1 N–H and O–H groups in total. The van der Waals surface area contributed by atoms with Gasteiger partial charge in [0.2, 0.25) is 5.16 Å². The Morgan fingerprint density at radius 1 is 1.25 bits per heavy atom. The van der Waals surface area contributed by atoms with Crippen LogP contribution >= 0.6 is 11.8 Å². The molecule has 0 spiro atoms. The summed E-state index contributed by atoms with van der Waals surface area (Å²) in [6.07, 6.45) is 2.19. The van der Waals surface area contributed by atoms with E-state index < -0.39 is 0 Å². The molecule has 20 heavy (non-hydrogen) atoms. The van der Waals surface area contributed by atoms with Gasteiger partial charge in [-0.3, -0.25) is 0 Å². The van der Waals surface area contributed by atoms with Gasteiger partial charge in [0.25, 0.3) is 0 Å². The summed E-state index contributed by atoms with van der Waals surface area (Å²) in [6, 6.07) is 10.9. The van der Waals surface area contributed by atoms with E-state index in [1.807, 2.05) is 0 Å². The maximum Gasteiger partial charge on any atom is 0.210 e. The van der Waals surface area contributed by atoms with Crippen molar-refractivity contribution >= 4 is 11.8 Å². The fourth-order valence-electron chi connectivity index (χ4n) is 2.62. The molecule has 0 radical (unpaired) electrons. The average molecular weight is 288 g/mol. The number of fused-ring (bicyclic) bond motifs is 1. The van der Waals surface area contributed by atoms with Crippen LogP contribution in [0.2, 0.25) is 0 Å². The molecule has 0 amide bonds. The molecular formula is C15H20N4S. The zero-order valence-corrected chi connectivity index (χ0v) is 12.7. The summed E-state index contributed by atoms with van der Waals surface area (Å²) in [5, 5.41) is 9.70. The van der Waals surface area contributed by atoms with Crippen LogP contribution in [0, 0.1) is 0 Å². The molecule has 0 saturated heterocycles. The molecule has 1 aliphatic heterocycles. The summed E-state index contributed by atoms with van der Waals surface area (Å²) in [7, 11) is 0. The Labute approximate surface area is 124 Å². The smallest absolute Gasteiger partial charge is 0.210 e. The van der Waals surface area contributed by atoms with Crippen LogP contribution in [-0.4, -0.2) is 20.6 Å². The van der Waals surface area contributed by atoms with Crippen molar-refractivity contribution in [1.82, 2.24) is 14.9 Å². The molecule has 0 saturated carbocycles. The first kappa shape index (κ1) is 13.5. The third-order valence-electron chi connectivity index (χ3n) is 3.88. The van der Waals surface area contributed by atoms with Gasteiger partial charge in [-0.15, -0.1) is 10.2 Å². The van der Waals surface area contributed by atoms with Crippen LogP contribution in [0.5, 0.6) is 0 Å². The Balaban J connectivity index is 1.88. The third-order valence-corrected chi connectivity index (χ3v) is 4.90. The Morgan fingerprint density at radius 2 is 2.00 bits per heavy atom. The highest BCUT2D eigenvalue weighted by Crippen LogP contribution is 2.32. The first-order valence-electron chi connectivity index (χ1n) is 7.23. The van der Waals surface area contributed by atoms with Gasteiger partial charge < -0.3 is 5.43 Å². The maximum absolute atomic E-state index is 4.40.